The molecule has 0 aliphatic heterocycles. The minimum Gasteiger partial charge on any atom is -0.307 e. The molecule has 0 aromatic heterocycles. The predicted molar refractivity (Wildman–Crippen MR) is 36.1 cm³/mol. The first kappa shape index (κ1) is 8.10. The molecule has 0 heterocycles. The fourth-order valence-corrected chi connectivity index (χ4v) is 0.236. The third-order valence-corrected chi connectivity index (χ3v) is 0.702. The van der Waals surface area contributed by atoms with E-state index in [9.17, 15) is 4.79 Å². The number of hydrogen-bond donors (Lipinski definition) is 2. The number of hydrazone groups is 1. The molecule has 4 nitrogen and oxygen atoms in total. The van der Waals surface area contributed by atoms with Gasteiger partial charge in [-0.25, -0.2) is 5.43 Å². The fraction of sp³-hybridized carbons (Fsp3) is 0.250. The van der Waals surface area contributed by atoms with Crippen molar-refractivity contribution in [1.82, 2.24) is 5.43 Å². The van der Waals surface area contributed by atoms with Crippen molar-refractivity contribution in [1.29, 1.82) is 5.41 Å². The number of nitrogens with one attached hydrogen (secondary N) is 2. The monoisotopic (exact) mass is 147 g/mol. The summed E-state index contributed by atoms with van der Waals surface area (Å²) in [5, 5.41) is 9.75. The fourth-order valence-electron chi connectivity index (χ4n) is 0.176. The molecule has 0 aliphatic carbocycles. The molecular weight excluding hydrogens is 142 g/mol. The quantitative estimate of drug-likeness (QED) is 0.329. The van der Waals surface area contributed by atoms with Gasteiger partial charge in [0.15, 0.2) is 0 Å². The number of carbonyl (C=O) groups excluding carboxylic acids is 1. The van der Waals surface area contributed by atoms with E-state index in [1.54, 1.807) is 0 Å². The third-order valence-electron chi connectivity index (χ3n) is 0.460. The standard InChI is InChI=1S/C4H6ClN3O/c5-3-4(9)8-7-2-1-6/h1-2,6H,3H2,(H,8,9)/b6-1?,7-2-. The van der Waals surface area contributed by atoms with E-state index in [0.29, 0.717) is 0 Å². The smallest absolute Gasteiger partial charge is 0.254 e. The SMILES string of the molecule is N=C/C=N\NC(=O)CCl. The van der Waals surface area contributed by atoms with Crippen molar-refractivity contribution in [3.8, 4) is 0 Å². The molecule has 1 amide bonds. The number of nitrogens with zero attached hydrogens (tertiary/aromatic N) is 1. The molecular formula is C4H6ClN3O. The molecule has 0 saturated heterocycles. The van der Waals surface area contributed by atoms with Crippen molar-refractivity contribution in [3.05, 3.63) is 0 Å². The van der Waals surface area contributed by atoms with E-state index in [2.05, 4.69) is 10.5 Å². The molecule has 0 spiro atoms. The number of carbonyl (C=O) groups is 1. The maximum Gasteiger partial charge on any atom is 0.254 e. The molecule has 0 aliphatic rings. The number of rotatable bonds is 3. The lowest BCUT2D eigenvalue weighted by atomic mass is 10.7. The summed E-state index contributed by atoms with van der Waals surface area (Å²) in [7, 11) is 0. The molecule has 0 bridgehead atoms. The van der Waals surface area contributed by atoms with Gasteiger partial charge in [-0.15, -0.1) is 11.6 Å². The van der Waals surface area contributed by atoms with Gasteiger partial charge in [-0.05, 0) is 0 Å². The molecule has 0 saturated carbocycles. The van der Waals surface area contributed by atoms with Gasteiger partial charge >= 0.3 is 0 Å². The first-order chi connectivity index (χ1) is 4.31. The van der Waals surface area contributed by atoms with Crippen LogP contribution in [0.3, 0.4) is 0 Å². The zero-order chi connectivity index (χ0) is 7.11. The molecule has 0 unspecified atom stereocenters. The number of halogens is 1. The molecule has 0 fully saturated rings. The highest BCUT2D eigenvalue weighted by Gasteiger charge is 1.90. The summed E-state index contributed by atoms with van der Waals surface area (Å²) in [6.45, 7) is 0. The van der Waals surface area contributed by atoms with Gasteiger partial charge in [0.05, 0.1) is 6.21 Å². The molecule has 0 atom stereocenters. The average Bonchev–Trinajstić information content (AvgIpc) is 1.89. The van der Waals surface area contributed by atoms with Gasteiger partial charge in [-0.3, -0.25) is 4.79 Å². The van der Waals surface area contributed by atoms with Gasteiger partial charge in [0, 0.05) is 6.21 Å². The molecule has 0 aromatic rings. The number of hydrogen-bond acceptors (Lipinski definition) is 3. The second kappa shape index (κ2) is 5.24. The molecule has 2 N–H and O–H groups in total. The summed E-state index contributed by atoms with van der Waals surface area (Å²) in [6.07, 6.45) is 2.10. The Morgan fingerprint density at radius 2 is 2.56 bits per heavy atom. The zero-order valence-electron chi connectivity index (χ0n) is 4.60. The molecule has 9 heavy (non-hydrogen) atoms. The normalized spacial score (nSPS) is 9.44. The summed E-state index contributed by atoms with van der Waals surface area (Å²) in [4.78, 5) is 10.3. The van der Waals surface area contributed by atoms with E-state index in [1.807, 2.05) is 0 Å². The lowest BCUT2D eigenvalue weighted by molar-refractivity contribution is -0.118. The molecule has 50 valence electrons. The maximum absolute atomic E-state index is 10.3. The highest BCUT2D eigenvalue weighted by atomic mass is 35.5. The Bertz CT molecular complexity index is 134. The van der Waals surface area contributed by atoms with E-state index in [-0.39, 0.29) is 11.8 Å². The lowest BCUT2D eigenvalue weighted by Gasteiger charge is -1.88. The highest BCUT2D eigenvalue weighted by molar-refractivity contribution is 6.27. The summed E-state index contributed by atoms with van der Waals surface area (Å²) in [5.74, 6) is -0.496. The van der Waals surface area contributed by atoms with Gasteiger partial charge in [0.25, 0.3) is 5.91 Å². The Morgan fingerprint density at radius 3 is 3.00 bits per heavy atom. The van der Waals surface area contributed by atoms with Crippen LogP contribution in [0.15, 0.2) is 5.10 Å². The highest BCUT2D eigenvalue weighted by Crippen LogP contribution is 1.71. The summed E-state index contributed by atoms with van der Waals surface area (Å²) in [5.41, 5.74) is 2.08. The van der Waals surface area contributed by atoms with Crippen LogP contribution >= 0.6 is 11.6 Å². The largest absolute Gasteiger partial charge is 0.307 e. The van der Waals surface area contributed by atoms with Gasteiger partial charge in [-0.1, -0.05) is 0 Å². The first-order valence-corrected chi connectivity index (χ1v) is 2.71. The Balaban J connectivity index is 3.37. The molecule has 0 rings (SSSR count). The van der Waals surface area contributed by atoms with E-state index in [4.69, 9.17) is 17.0 Å². The molecule has 0 aromatic carbocycles. The Hall–Kier alpha value is -0.900. The Labute approximate surface area is 57.4 Å². The number of alkyl halides is 1. The average molecular weight is 148 g/mol. The van der Waals surface area contributed by atoms with Crippen molar-refractivity contribution in [3.63, 3.8) is 0 Å². The number of amides is 1. The van der Waals surface area contributed by atoms with Crippen LogP contribution in [0.1, 0.15) is 0 Å². The van der Waals surface area contributed by atoms with Gasteiger partial charge in [0.2, 0.25) is 0 Å². The van der Waals surface area contributed by atoms with Crippen molar-refractivity contribution in [2.45, 2.75) is 0 Å². The van der Waals surface area contributed by atoms with Crippen LogP contribution < -0.4 is 5.43 Å². The van der Waals surface area contributed by atoms with Crippen LogP contribution in [0.5, 0.6) is 0 Å². The third kappa shape index (κ3) is 4.96. The van der Waals surface area contributed by atoms with Crippen molar-refractivity contribution >= 4 is 29.9 Å². The first-order valence-electron chi connectivity index (χ1n) is 2.18. The van der Waals surface area contributed by atoms with Gasteiger partial charge in [0.1, 0.15) is 5.88 Å². The van der Waals surface area contributed by atoms with Crippen LogP contribution in [-0.2, 0) is 4.79 Å². The van der Waals surface area contributed by atoms with E-state index in [0.717, 1.165) is 12.4 Å². The second-order valence-corrected chi connectivity index (χ2v) is 1.38. The van der Waals surface area contributed by atoms with E-state index >= 15 is 0 Å². The van der Waals surface area contributed by atoms with Crippen molar-refractivity contribution < 1.29 is 4.79 Å². The minimum absolute atomic E-state index is 0.116. The van der Waals surface area contributed by atoms with Crippen LogP contribution in [0.4, 0.5) is 0 Å². The lowest BCUT2D eigenvalue weighted by Crippen LogP contribution is -2.18. The van der Waals surface area contributed by atoms with Crippen molar-refractivity contribution in [2.24, 2.45) is 5.10 Å². The van der Waals surface area contributed by atoms with Crippen LogP contribution in [0.2, 0.25) is 0 Å². The van der Waals surface area contributed by atoms with Crippen LogP contribution in [0, 0.1) is 5.41 Å². The topological polar surface area (TPSA) is 65.3 Å². The Kier molecular flexibility index (Phi) is 4.72. The van der Waals surface area contributed by atoms with Crippen LogP contribution in [-0.4, -0.2) is 24.2 Å². The minimum atomic E-state index is -0.380. The molecule has 5 heteroatoms. The molecule has 0 radical (unpaired) electrons. The maximum atomic E-state index is 10.3. The summed E-state index contributed by atoms with van der Waals surface area (Å²) < 4.78 is 0. The second-order valence-electron chi connectivity index (χ2n) is 1.11. The van der Waals surface area contributed by atoms with E-state index in [1.165, 1.54) is 0 Å². The van der Waals surface area contributed by atoms with Crippen LogP contribution in [0.25, 0.3) is 0 Å². The summed E-state index contributed by atoms with van der Waals surface area (Å²) in [6, 6.07) is 0. The summed E-state index contributed by atoms with van der Waals surface area (Å²) >= 11 is 5.09. The van der Waals surface area contributed by atoms with Gasteiger partial charge < -0.3 is 5.41 Å². The zero-order valence-corrected chi connectivity index (χ0v) is 5.35. The van der Waals surface area contributed by atoms with Crippen molar-refractivity contribution in [2.75, 3.05) is 5.88 Å². The predicted octanol–water partition coefficient (Wildman–Crippen LogP) is -0.0232. The van der Waals surface area contributed by atoms with Gasteiger partial charge in [-0.2, -0.15) is 5.10 Å². The Morgan fingerprint density at radius 1 is 1.89 bits per heavy atom. The van der Waals surface area contributed by atoms with E-state index < -0.39 is 0 Å².